The third kappa shape index (κ3) is 7.78. The van der Waals surface area contributed by atoms with Gasteiger partial charge in [0.25, 0.3) is 0 Å². The summed E-state index contributed by atoms with van der Waals surface area (Å²) in [5.74, 6) is 2.04. The van der Waals surface area contributed by atoms with E-state index < -0.39 is 0 Å². The van der Waals surface area contributed by atoms with Crippen molar-refractivity contribution in [2.45, 2.75) is 19.8 Å². The molecule has 2 N–H and O–H groups in total. The molecule has 0 aromatic heterocycles. The van der Waals surface area contributed by atoms with E-state index in [2.05, 4.69) is 59.1 Å². The Hall–Kier alpha value is -1.16. The minimum Gasteiger partial charge on any atom is -0.357 e. The van der Waals surface area contributed by atoms with Crippen molar-refractivity contribution in [1.29, 1.82) is 0 Å². The molecule has 19 heavy (non-hydrogen) atoms. The van der Waals surface area contributed by atoms with Gasteiger partial charge in [0, 0.05) is 25.4 Å². The van der Waals surface area contributed by atoms with Gasteiger partial charge in [-0.1, -0.05) is 30.3 Å². The molecule has 1 rings (SSSR count). The molecule has 0 amide bonds. The highest BCUT2D eigenvalue weighted by Crippen LogP contribution is 2.02. The van der Waals surface area contributed by atoms with Crippen molar-refractivity contribution in [2.24, 2.45) is 4.99 Å². The SMILES string of the molecule is CCNC(=NCCCc1ccccc1)NCCSC. The highest BCUT2D eigenvalue weighted by molar-refractivity contribution is 7.98. The summed E-state index contributed by atoms with van der Waals surface area (Å²) in [6, 6.07) is 10.6. The number of guanidine groups is 1. The third-order valence-corrected chi connectivity index (χ3v) is 3.29. The number of rotatable bonds is 8. The Bertz CT molecular complexity index is 352. The first kappa shape index (κ1) is 15.9. The molecule has 0 saturated carbocycles. The zero-order valence-corrected chi connectivity index (χ0v) is 12.8. The number of benzene rings is 1. The van der Waals surface area contributed by atoms with Gasteiger partial charge in [0.05, 0.1) is 0 Å². The molecule has 0 radical (unpaired) electrons. The van der Waals surface area contributed by atoms with Crippen molar-refractivity contribution < 1.29 is 0 Å². The first-order chi connectivity index (χ1) is 9.36. The molecule has 0 fully saturated rings. The fraction of sp³-hybridized carbons (Fsp3) is 0.533. The van der Waals surface area contributed by atoms with E-state index in [1.54, 1.807) is 0 Å². The molecule has 0 saturated heterocycles. The molecule has 0 unspecified atom stereocenters. The zero-order chi connectivity index (χ0) is 13.8. The van der Waals surface area contributed by atoms with Crippen molar-refractivity contribution in [3.8, 4) is 0 Å². The van der Waals surface area contributed by atoms with Gasteiger partial charge in [0.1, 0.15) is 0 Å². The van der Waals surface area contributed by atoms with Crippen LogP contribution in [0.15, 0.2) is 35.3 Å². The van der Waals surface area contributed by atoms with Crippen LogP contribution in [0.25, 0.3) is 0 Å². The number of aliphatic imine (C=N–C) groups is 1. The van der Waals surface area contributed by atoms with E-state index in [4.69, 9.17) is 0 Å². The molecule has 4 heteroatoms. The Labute approximate surface area is 121 Å². The average molecular weight is 279 g/mol. The Morgan fingerprint density at radius 1 is 1.21 bits per heavy atom. The van der Waals surface area contributed by atoms with Crippen LogP contribution in [0.3, 0.4) is 0 Å². The fourth-order valence-corrected chi connectivity index (χ4v) is 2.04. The summed E-state index contributed by atoms with van der Waals surface area (Å²) >= 11 is 1.84. The molecular weight excluding hydrogens is 254 g/mol. The van der Waals surface area contributed by atoms with E-state index in [0.29, 0.717) is 0 Å². The van der Waals surface area contributed by atoms with E-state index in [9.17, 15) is 0 Å². The number of nitrogens with one attached hydrogen (secondary N) is 2. The molecule has 106 valence electrons. The van der Waals surface area contributed by atoms with Crippen LogP contribution in [0.5, 0.6) is 0 Å². The van der Waals surface area contributed by atoms with Gasteiger partial charge in [-0.15, -0.1) is 0 Å². The summed E-state index contributed by atoms with van der Waals surface area (Å²) in [5.41, 5.74) is 1.39. The van der Waals surface area contributed by atoms with Gasteiger partial charge in [-0.25, -0.2) is 0 Å². The van der Waals surface area contributed by atoms with Crippen molar-refractivity contribution >= 4 is 17.7 Å². The smallest absolute Gasteiger partial charge is 0.191 e. The van der Waals surface area contributed by atoms with E-state index in [1.165, 1.54) is 5.56 Å². The van der Waals surface area contributed by atoms with E-state index in [1.807, 2.05) is 11.8 Å². The summed E-state index contributed by atoms with van der Waals surface area (Å²) in [7, 11) is 0. The van der Waals surface area contributed by atoms with Gasteiger partial charge in [-0.3, -0.25) is 4.99 Å². The second-order valence-corrected chi connectivity index (χ2v) is 5.25. The Balaban J connectivity index is 2.26. The lowest BCUT2D eigenvalue weighted by Gasteiger charge is -2.10. The highest BCUT2D eigenvalue weighted by Gasteiger charge is 1.96. The second-order valence-electron chi connectivity index (χ2n) is 4.27. The first-order valence-corrected chi connectivity index (χ1v) is 8.31. The van der Waals surface area contributed by atoms with Gasteiger partial charge in [-0.2, -0.15) is 11.8 Å². The second kappa shape index (κ2) is 10.7. The van der Waals surface area contributed by atoms with E-state index >= 15 is 0 Å². The average Bonchev–Trinajstić information content (AvgIpc) is 2.45. The number of hydrogen-bond donors (Lipinski definition) is 2. The topological polar surface area (TPSA) is 36.4 Å². The van der Waals surface area contributed by atoms with Crippen LogP contribution >= 0.6 is 11.8 Å². The van der Waals surface area contributed by atoms with Crippen molar-refractivity contribution in [3.63, 3.8) is 0 Å². The maximum atomic E-state index is 4.59. The fourth-order valence-electron chi connectivity index (χ4n) is 1.73. The quantitative estimate of drug-likeness (QED) is 0.436. The van der Waals surface area contributed by atoms with E-state index in [0.717, 1.165) is 44.2 Å². The molecule has 0 spiro atoms. The number of thioether (sulfide) groups is 1. The van der Waals surface area contributed by atoms with Crippen LogP contribution in [0.1, 0.15) is 18.9 Å². The zero-order valence-electron chi connectivity index (χ0n) is 12.0. The van der Waals surface area contributed by atoms with Crippen molar-refractivity contribution in [1.82, 2.24) is 10.6 Å². The summed E-state index contributed by atoms with van der Waals surface area (Å²) < 4.78 is 0. The molecule has 1 aromatic rings. The molecule has 0 bridgehead atoms. The highest BCUT2D eigenvalue weighted by atomic mass is 32.2. The van der Waals surface area contributed by atoms with Crippen molar-refractivity contribution in [2.75, 3.05) is 31.6 Å². The third-order valence-electron chi connectivity index (χ3n) is 2.68. The lowest BCUT2D eigenvalue weighted by atomic mass is 10.1. The number of hydrogen-bond acceptors (Lipinski definition) is 2. The predicted molar refractivity (Wildman–Crippen MR) is 87.1 cm³/mol. The molecule has 0 heterocycles. The molecular formula is C15H25N3S. The molecule has 1 aromatic carbocycles. The van der Waals surface area contributed by atoms with Gasteiger partial charge < -0.3 is 10.6 Å². The van der Waals surface area contributed by atoms with Gasteiger partial charge in [0.15, 0.2) is 5.96 Å². The molecule has 0 atom stereocenters. The normalized spacial score (nSPS) is 11.4. The summed E-state index contributed by atoms with van der Waals surface area (Å²) in [5, 5.41) is 6.61. The minimum absolute atomic E-state index is 0.865. The number of aryl methyl sites for hydroxylation is 1. The van der Waals surface area contributed by atoms with Crippen LogP contribution in [-0.2, 0) is 6.42 Å². The summed E-state index contributed by atoms with van der Waals surface area (Å²) in [6.45, 7) is 4.83. The van der Waals surface area contributed by atoms with Crippen LogP contribution in [0, 0.1) is 0 Å². The van der Waals surface area contributed by atoms with Crippen LogP contribution < -0.4 is 10.6 Å². The Morgan fingerprint density at radius 3 is 2.68 bits per heavy atom. The Kier molecular flexibility index (Phi) is 8.98. The largest absolute Gasteiger partial charge is 0.357 e. The van der Waals surface area contributed by atoms with Gasteiger partial charge in [0.2, 0.25) is 0 Å². The summed E-state index contributed by atoms with van der Waals surface area (Å²) in [6.07, 6.45) is 4.29. The van der Waals surface area contributed by atoms with Crippen LogP contribution in [0.2, 0.25) is 0 Å². The lowest BCUT2D eigenvalue weighted by molar-refractivity contribution is 0.796. The van der Waals surface area contributed by atoms with Crippen LogP contribution in [-0.4, -0.2) is 37.6 Å². The summed E-state index contributed by atoms with van der Waals surface area (Å²) in [4.78, 5) is 4.59. The van der Waals surface area contributed by atoms with Gasteiger partial charge >= 0.3 is 0 Å². The van der Waals surface area contributed by atoms with Crippen molar-refractivity contribution in [3.05, 3.63) is 35.9 Å². The maximum Gasteiger partial charge on any atom is 0.191 e. The molecule has 0 aliphatic carbocycles. The standard InChI is InChI=1S/C15H25N3S/c1-3-16-15(18-12-13-19-2)17-11-7-10-14-8-5-4-6-9-14/h4-6,8-9H,3,7,10-13H2,1-2H3,(H2,16,17,18). The Morgan fingerprint density at radius 2 is 2.00 bits per heavy atom. The first-order valence-electron chi connectivity index (χ1n) is 6.92. The lowest BCUT2D eigenvalue weighted by Crippen LogP contribution is -2.38. The molecule has 0 aliphatic heterocycles. The van der Waals surface area contributed by atoms with Crippen LogP contribution in [0.4, 0.5) is 0 Å². The minimum atomic E-state index is 0.865. The molecule has 3 nitrogen and oxygen atoms in total. The van der Waals surface area contributed by atoms with Gasteiger partial charge in [-0.05, 0) is 31.6 Å². The van der Waals surface area contributed by atoms with E-state index in [-0.39, 0.29) is 0 Å². The predicted octanol–water partition coefficient (Wildman–Crippen LogP) is 2.54. The monoisotopic (exact) mass is 279 g/mol. The number of nitrogens with zero attached hydrogens (tertiary/aromatic N) is 1. The maximum absolute atomic E-state index is 4.59. The molecule has 0 aliphatic rings.